The lowest BCUT2D eigenvalue weighted by molar-refractivity contribution is -0.118. The van der Waals surface area contributed by atoms with Crippen LogP contribution in [-0.2, 0) is 4.79 Å². The van der Waals surface area contributed by atoms with Crippen molar-refractivity contribution < 1.29 is 27.5 Å². The fraction of sp³-hybridized carbons (Fsp3) is 0.517. The Kier molecular flexibility index (Phi) is 8.65. The summed E-state index contributed by atoms with van der Waals surface area (Å²) < 4.78 is 48.7. The number of nitrogens with zero attached hydrogens (tertiary/aromatic N) is 2. The van der Waals surface area contributed by atoms with Crippen LogP contribution in [0.25, 0.3) is 11.1 Å². The van der Waals surface area contributed by atoms with Gasteiger partial charge in [0.1, 0.15) is 23.4 Å². The van der Waals surface area contributed by atoms with Crippen molar-refractivity contribution in [3.63, 3.8) is 0 Å². The van der Waals surface area contributed by atoms with Crippen molar-refractivity contribution in [3.05, 3.63) is 53.8 Å². The van der Waals surface area contributed by atoms with E-state index in [2.05, 4.69) is 4.90 Å². The smallest absolute Gasteiger partial charge is 0.257 e. The van der Waals surface area contributed by atoms with Crippen LogP contribution in [0.15, 0.2) is 42.5 Å². The van der Waals surface area contributed by atoms with Crippen molar-refractivity contribution in [2.75, 3.05) is 32.8 Å². The molecule has 0 bridgehead atoms. The van der Waals surface area contributed by atoms with Gasteiger partial charge in [-0.1, -0.05) is 18.2 Å². The largest absolute Gasteiger partial charge is 0.493 e. The van der Waals surface area contributed by atoms with Gasteiger partial charge in [0.2, 0.25) is 5.91 Å². The Labute approximate surface area is 221 Å². The molecule has 2 aliphatic heterocycles. The molecule has 6 nitrogen and oxygen atoms in total. The molecule has 0 radical (unpaired) electrons. The van der Waals surface area contributed by atoms with E-state index in [1.54, 1.807) is 19.9 Å². The van der Waals surface area contributed by atoms with Crippen molar-refractivity contribution in [2.24, 2.45) is 11.7 Å². The number of ether oxygens (including phenoxy) is 1. The summed E-state index contributed by atoms with van der Waals surface area (Å²) in [5.41, 5.74) is 5.22. The van der Waals surface area contributed by atoms with Gasteiger partial charge in [-0.05, 0) is 81.1 Å². The van der Waals surface area contributed by atoms with Gasteiger partial charge in [0.05, 0.1) is 18.7 Å². The molecule has 2 amide bonds. The minimum Gasteiger partial charge on any atom is -0.493 e. The minimum absolute atomic E-state index is 0.0134. The number of alkyl halides is 2. The molecule has 2 heterocycles. The molecular weight excluding hydrogens is 495 g/mol. The number of hydrogen-bond acceptors (Lipinski definition) is 4. The average Bonchev–Trinajstić information content (AvgIpc) is 3.21. The number of benzene rings is 2. The first-order valence-corrected chi connectivity index (χ1v) is 13.2. The van der Waals surface area contributed by atoms with E-state index in [4.69, 9.17) is 10.5 Å². The van der Waals surface area contributed by atoms with Gasteiger partial charge in [-0.25, -0.2) is 13.2 Å². The van der Waals surface area contributed by atoms with Crippen molar-refractivity contribution >= 4 is 11.8 Å². The molecule has 2 fully saturated rings. The molecule has 2 aromatic carbocycles. The molecule has 0 saturated carbocycles. The number of hydrogen-bond donors (Lipinski definition) is 1. The Morgan fingerprint density at radius 2 is 1.74 bits per heavy atom. The summed E-state index contributed by atoms with van der Waals surface area (Å²) in [6, 6.07) is 11.0. The number of amides is 2. The van der Waals surface area contributed by atoms with Gasteiger partial charge in [0, 0.05) is 25.4 Å². The summed E-state index contributed by atoms with van der Waals surface area (Å²) >= 11 is 0. The van der Waals surface area contributed by atoms with Crippen LogP contribution in [0, 0.1) is 11.7 Å². The number of piperidine rings is 1. The van der Waals surface area contributed by atoms with Gasteiger partial charge >= 0.3 is 0 Å². The number of nitrogens with two attached hydrogens (primary N) is 1. The van der Waals surface area contributed by atoms with Crippen LogP contribution in [-0.4, -0.2) is 72.3 Å². The van der Waals surface area contributed by atoms with E-state index in [0.717, 1.165) is 31.5 Å². The Morgan fingerprint density at radius 1 is 1.08 bits per heavy atom. The number of rotatable bonds is 9. The van der Waals surface area contributed by atoms with Gasteiger partial charge < -0.3 is 20.3 Å². The molecule has 206 valence electrons. The molecule has 2 atom stereocenters. The summed E-state index contributed by atoms with van der Waals surface area (Å²) in [6.07, 6.45) is 0.514. The predicted octanol–water partition coefficient (Wildman–Crippen LogP) is 4.76. The van der Waals surface area contributed by atoms with Gasteiger partial charge in [0.25, 0.3) is 5.91 Å². The van der Waals surface area contributed by atoms with E-state index >= 15 is 0 Å². The van der Waals surface area contributed by atoms with Crippen LogP contribution < -0.4 is 10.5 Å². The molecule has 2 saturated heterocycles. The molecule has 4 rings (SSSR count). The van der Waals surface area contributed by atoms with Crippen molar-refractivity contribution in [3.8, 4) is 16.9 Å². The minimum atomic E-state index is -1.27. The normalized spacial score (nSPS) is 21.0. The Hall–Kier alpha value is -3.07. The standard InChI is InChI=1S/C29H36F3N3O3/c1-29(2,32)18-34-11-9-19(10-12-34)17-38-24-6-3-20(4-7-24)21-5-8-25(26(31)13-21)28(37)35-16-22(30)14-23(35)15-27(33)36/h3-8,13,19,22-23H,9-12,14-18H2,1-2H3,(H2,33,36)/t22-,23-/m0/s1. The number of carbonyl (C=O) groups is 2. The van der Waals surface area contributed by atoms with Crippen molar-refractivity contribution in [1.29, 1.82) is 0 Å². The quantitative estimate of drug-likeness (QED) is 0.506. The molecule has 0 unspecified atom stereocenters. The second-order valence-electron chi connectivity index (χ2n) is 11.1. The predicted molar refractivity (Wildman–Crippen MR) is 140 cm³/mol. The first-order valence-electron chi connectivity index (χ1n) is 13.2. The SMILES string of the molecule is CC(C)(F)CN1CCC(COc2ccc(-c3ccc(C(=O)N4C[C@@H](F)C[C@H]4CC(N)=O)c(F)c3)cc2)CC1. The first-order chi connectivity index (χ1) is 18.0. The highest BCUT2D eigenvalue weighted by molar-refractivity contribution is 5.95. The molecule has 0 aliphatic carbocycles. The van der Waals surface area contributed by atoms with E-state index in [0.29, 0.717) is 30.4 Å². The molecule has 2 aliphatic rings. The topological polar surface area (TPSA) is 75.9 Å². The van der Waals surface area contributed by atoms with Gasteiger partial charge in [-0.15, -0.1) is 0 Å². The molecular formula is C29H36F3N3O3. The van der Waals surface area contributed by atoms with E-state index < -0.39 is 35.5 Å². The highest BCUT2D eigenvalue weighted by Crippen LogP contribution is 2.29. The lowest BCUT2D eigenvalue weighted by atomic mass is 9.97. The van der Waals surface area contributed by atoms with E-state index in [1.165, 1.54) is 17.0 Å². The Morgan fingerprint density at radius 3 is 2.34 bits per heavy atom. The van der Waals surface area contributed by atoms with Crippen LogP contribution in [0.1, 0.15) is 49.9 Å². The summed E-state index contributed by atoms with van der Waals surface area (Å²) in [5, 5.41) is 0. The number of carbonyl (C=O) groups excluding carboxylic acids is 2. The van der Waals surface area contributed by atoms with Crippen LogP contribution in [0.4, 0.5) is 13.2 Å². The monoisotopic (exact) mass is 531 g/mol. The first kappa shape index (κ1) is 28.0. The van der Waals surface area contributed by atoms with E-state index in [-0.39, 0.29) is 24.9 Å². The van der Waals surface area contributed by atoms with Crippen LogP contribution in [0.2, 0.25) is 0 Å². The zero-order valence-electron chi connectivity index (χ0n) is 22.0. The lowest BCUT2D eigenvalue weighted by Gasteiger charge is -2.34. The second kappa shape index (κ2) is 11.8. The summed E-state index contributed by atoms with van der Waals surface area (Å²) in [7, 11) is 0. The molecule has 2 N–H and O–H groups in total. The maximum Gasteiger partial charge on any atom is 0.257 e. The summed E-state index contributed by atoms with van der Waals surface area (Å²) in [4.78, 5) is 27.6. The number of halogens is 3. The van der Waals surface area contributed by atoms with Crippen molar-refractivity contribution in [1.82, 2.24) is 9.80 Å². The van der Waals surface area contributed by atoms with E-state index in [1.807, 2.05) is 24.3 Å². The second-order valence-corrected chi connectivity index (χ2v) is 11.1. The highest BCUT2D eigenvalue weighted by atomic mass is 19.1. The van der Waals surface area contributed by atoms with Crippen LogP contribution >= 0.6 is 0 Å². The molecule has 9 heteroatoms. The molecule has 38 heavy (non-hydrogen) atoms. The van der Waals surface area contributed by atoms with Crippen molar-refractivity contribution in [2.45, 2.75) is 57.4 Å². The fourth-order valence-electron chi connectivity index (χ4n) is 5.36. The molecule has 2 aromatic rings. The fourth-order valence-corrected chi connectivity index (χ4v) is 5.36. The summed E-state index contributed by atoms with van der Waals surface area (Å²) in [6.45, 7) is 5.79. The third-order valence-electron chi connectivity index (χ3n) is 7.24. The highest BCUT2D eigenvalue weighted by Gasteiger charge is 2.37. The number of primary amides is 1. The zero-order valence-corrected chi connectivity index (χ0v) is 22.0. The number of likely N-dealkylation sites (tertiary alicyclic amines) is 2. The van der Waals surface area contributed by atoms with Gasteiger partial charge in [-0.3, -0.25) is 9.59 Å². The molecule has 0 spiro atoms. The van der Waals surface area contributed by atoms with E-state index in [9.17, 15) is 22.8 Å². The van der Waals surface area contributed by atoms with Crippen LogP contribution in [0.3, 0.4) is 0 Å². The van der Waals surface area contributed by atoms with Gasteiger partial charge in [-0.2, -0.15) is 0 Å². The molecule has 0 aromatic heterocycles. The summed E-state index contributed by atoms with van der Waals surface area (Å²) in [5.74, 6) is -0.866. The Balaban J connectivity index is 1.33. The zero-order chi connectivity index (χ0) is 27.4. The van der Waals surface area contributed by atoms with Crippen LogP contribution in [0.5, 0.6) is 5.75 Å². The average molecular weight is 532 g/mol. The van der Waals surface area contributed by atoms with Gasteiger partial charge in [0.15, 0.2) is 0 Å². The Bertz CT molecular complexity index is 1130. The maximum absolute atomic E-state index is 15.0. The third-order valence-corrected chi connectivity index (χ3v) is 7.24. The lowest BCUT2D eigenvalue weighted by Crippen LogP contribution is -2.41. The maximum atomic E-state index is 15.0. The third kappa shape index (κ3) is 7.28.